The van der Waals surface area contributed by atoms with Gasteiger partial charge >= 0.3 is 0 Å². The number of carbonyl (C=O) groups is 2. The SMILES string of the molecule is NC(=O)c1c(C[CH]C(=O)N2CCN(C3CCNCC3)CC2)ccc2c1CCCC2. The minimum Gasteiger partial charge on any atom is -0.366 e. The number of aryl methyl sites for hydroxylation is 1. The molecule has 1 aliphatic carbocycles. The third-order valence-corrected chi connectivity index (χ3v) is 6.81. The normalized spacial score (nSPS) is 21.0. The van der Waals surface area contributed by atoms with E-state index in [2.05, 4.69) is 16.3 Å². The molecule has 6 nitrogen and oxygen atoms in total. The van der Waals surface area contributed by atoms with Crippen LogP contribution >= 0.6 is 0 Å². The van der Waals surface area contributed by atoms with E-state index in [0.29, 0.717) is 18.0 Å². The van der Waals surface area contributed by atoms with E-state index in [4.69, 9.17) is 5.73 Å². The second-order valence-electron chi connectivity index (χ2n) is 8.56. The molecule has 1 aromatic carbocycles. The monoisotopic (exact) mass is 397 g/mol. The molecule has 3 aliphatic rings. The lowest BCUT2D eigenvalue weighted by Crippen LogP contribution is -2.54. The Morgan fingerprint density at radius 1 is 1.07 bits per heavy atom. The fourth-order valence-electron chi connectivity index (χ4n) is 5.16. The van der Waals surface area contributed by atoms with Crippen LogP contribution in [-0.4, -0.2) is 66.9 Å². The van der Waals surface area contributed by atoms with Crippen molar-refractivity contribution in [2.24, 2.45) is 5.73 Å². The van der Waals surface area contributed by atoms with Crippen molar-refractivity contribution in [1.82, 2.24) is 15.1 Å². The van der Waals surface area contributed by atoms with Crippen molar-refractivity contribution >= 4 is 11.8 Å². The van der Waals surface area contributed by atoms with E-state index in [1.165, 1.54) is 24.8 Å². The van der Waals surface area contributed by atoms with Crippen molar-refractivity contribution < 1.29 is 9.59 Å². The Hall–Kier alpha value is -1.92. The fraction of sp³-hybridized carbons (Fsp3) is 0.609. The summed E-state index contributed by atoms with van der Waals surface area (Å²) in [5, 5.41) is 3.42. The first-order valence-electron chi connectivity index (χ1n) is 11.1. The van der Waals surface area contributed by atoms with Crippen LogP contribution in [0.4, 0.5) is 0 Å². The second kappa shape index (κ2) is 9.26. The molecule has 157 valence electrons. The smallest absolute Gasteiger partial charge is 0.249 e. The molecule has 4 rings (SSSR count). The van der Waals surface area contributed by atoms with E-state index in [-0.39, 0.29) is 11.8 Å². The molecule has 6 heteroatoms. The molecule has 29 heavy (non-hydrogen) atoms. The second-order valence-corrected chi connectivity index (χ2v) is 8.56. The van der Waals surface area contributed by atoms with Crippen molar-refractivity contribution in [2.75, 3.05) is 39.3 Å². The summed E-state index contributed by atoms with van der Waals surface area (Å²) in [7, 11) is 0. The molecular formula is C23H33N4O2. The fourth-order valence-corrected chi connectivity index (χ4v) is 5.16. The maximum Gasteiger partial charge on any atom is 0.249 e. The third kappa shape index (κ3) is 4.64. The number of piperazine rings is 1. The topological polar surface area (TPSA) is 78.7 Å². The van der Waals surface area contributed by atoms with Gasteiger partial charge in [-0.1, -0.05) is 12.1 Å². The molecule has 0 aromatic heterocycles. The van der Waals surface area contributed by atoms with Gasteiger partial charge < -0.3 is 16.0 Å². The Balaban J connectivity index is 1.34. The average Bonchev–Trinajstić information content (AvgIpc) is 2.77. The molecule has 2 saturated heterocycles. The zero-order valence-corrected chi connectivity index (χ0v) is 17.3. The number of nitrogens with one attached hydrogen (secondary N) is 1. The van der Waals surface area contributed by atoms with Crippen LogP contribution in [0.15, 0.2) is 12.1 Å². The van der Waals surface area contributed by atoms with Gasteiger partial charge in [0.2, 0.25) is 11.8 Å². The lowest BCUT2D eigenvalue weighted by Gasteiger charge is -2.40. The number of hydrogen-bond acceptors (Lipinski definition) is 4. The zero-order chi connectivity index (χ0) is 20.2. The van der Waals surface area contributed by atoms with Crippen LogP contribution in [0.5, 0.6) is 0 Å². The van der Waals surface area contributed by atoms with Gasteiger partial charge in [-0.3, -0.25) is 14.5 Å². The molecule has 2 amide bonds. The predicted octanol–water partition coefficient (Wildman–Crippen LogP) is 1.31. The number of primary amides is 1. The lowest BCUT2D eigenvalue weighted by molar-refractivity contribution is -0.129. The van der Waals surface area contributed by atoms with E-state index in [1.807, 2.05) is 11.0 Å². The molecule has 2 heterocycles. The summed E-state index contributed by atoms with van der Waals surface area (Å²) in [5.41, 5.74) is 9.61. The first kappa shape index (κ1) is 20.4. The molecule has 2 fully saturated rings. The highest BCUT2D eigenvalue weighted by molar-refractivity contribution is 5.97. The largest absolute Gasteiger partial charge is 0.366 e. The van der Waals surface area contributed by atoms with Crippen molar-refractivity contribution in [1.29, 1.82) is 0 Å². The van der Waals surface area contributed by atoms with Crippen molar-refractivity contribution in [2.45, 2.75) is 51.0 Å². The number of carbonyl (C=O) groups excluding carboxylic acids is 2. The Kier molecular flexibility index (Phi) is 6.50. The summed E-state index contributed by atoms with van der Waals surface area (Å²) in [4.78, 5) is 29.4. The van der Waals surface area contributed by atoms with Gasteiger partial charge in [0.05, 0.1) is 6.42 Å². The molecule has 0 atom stereocenters. The van der Waals surface area contributed by atoms with Crippen LogP contribution < -0.4 is 11.1 Å². The van der Waals surface area contributed by atoms with E-state index in [1.54, 1.807) is 6.42 Å². The summed E-state index contributed by atoms with van der Waals surface area (Å²) < 4.78 is 0. The molecule has 1 radical (unpaired) electrons. The number of nitrogens with two attached hydrogens (primary N) is 1. The van der Waals surface area contributed by atoms with Gasteiger partial charge in [0.25, 0.3) is 0 Å². The van der Waals surface area contributed by atoms with Gasteiger partial charge in [-0.2, -0.15) is 0 Å². The molecule has 0 spiro atoms. The maximum atomic E-state index is 12.7. The maximum absolute atomic E-state index is 12.7. The van der Waals surface area contributed by atoms with Gasteiger partial charge in [-0.05, 0) is 74.7 Å². The van der Waals surface area contributed by atoms with Crippen LogP contribution in [0.1, 0.15) is 52.7 Å². The first-order valence-corrected chi connectivity index (χ1v) is 11.1. The summed E-state index contributed by atoms with van der Waals surface area (Å²) >= 11 is 0. The Bertz CT molecular complexity index is 749. The number of piperidine rings is 1. The number of benzene rings is 1. The summed E-state index contributed by atoms with van der Waals surface area (Å²) in [6.07, 6.45) is 8.80. The van der Waals surface area contributed by atoms with Crippen LogP contribution in [-0.2, 0) is 24.1 Å². The highest BCUT2D eigenvalue weighted by atomic mass is 16.2. The van der Waals surface area contributed by atoms with Gasteiger partial charge in [-0.15, -0.1) is 0 Å². The molecule has 0 saturated carbocycles. The van der Waals surface area contributed by atoms with Crippen molar-refractivity contribution in [3.63, 3.8) is 0 Å². The van der Waals surface area contributed by atoms with Crippen molar-refractivity contribution in [3.05, 3.63) is 40.8 Å². The van der Waals surface area contributed by atoms with E-state index < -0.39 is 0 Å². The predicted molar refractivity (Wildman–Crippen MR) is 114 cm³/mol. The van der Waals surface area contributed by atoms with E-state index >= 15 is 0 Å². The lowest BCUT2D eigenvalue weighted by atomic mass is 9.84. The quantitative estimate of drug-likeness (QED) is 0.785. The Morgan fingerprint density at radius 3 is 2.52 bits per heavy atom. The molecule has 1 aromatic rings. The molecule has 0 unspecified atom stereocenters. The molecule has 0 bridgehead atoms. The number of rotatable bonds is 5. The Morgan fingerprint density at radius 2 is 1.79 bits per heavy atom. The van der Waals surface area contributed by atoms with Crippen LogP contribution in [0.3, 0.4) is 0 Å². The van der Waals surface area contributed by atoms with Crippen LogP contribution in [0.25, 0.3) is 0 Å². The average molecular weight is 398 g/mol. The minimum absolute atomic E-state index is 0.0723. The third-order valence-electron chi connectivity index (χ3n) is 6.81. The number of amides is 2. The highest BCUT2D eigenvalue weighted by Crippen LogP contribution is 2.27. The first-order chi connectivity index (χ1) is 14.1. The van der Waals surface area contributed by atoms with Crippen molar-refractivity contribution in [3.8, 4) is 0 Å². The van der Waals surface area contributed by atoms with E-state index in [0.717, 1.165) is 69.7 Å². The van der Waals surface area contributed by atoms with Gasteiger partial charge in [-0.25, -0.2) is 0 Å². The summed E-state index contributed by atoms with van der Waals surface area (Å²) in [6.45, 7) is 5.67. The van der Waals surface area contributed by atoms with Crippen LogP contribution in [0.2, 0.25) is 0 Å². The summed E-state index contributed by atoms with van der Waals surface area (Å²) in [5.74, 6) is -0.293. The van der Waals surface area contributed by atoms with E-state index in [9.17, 15) is 9.59 Å². The Labute approximate surface area is 173 Å². The zero-order valence-electron chi connectivity index (χ0n) is 17.3. The number of fused-ring (bicyclic) bond motifs is 1. The highest BCUT2D eigenvalue weighted by Gasteiger charge is 2.27. The molecule has 3 N–H and O–H groups in total. The van der Waals surface area contributed by atoms with Gasteiger partial charge in [0.15, 0.2) is 0 Å². The van der Waals surface area contributed by atoms with Crippen LogP contribution in [0, 0.1) is 6.42 Å². The summed E-state index contributed by atoms with van der Waals surface area (Å²) in [6, 6.07) is 4.77. The standard InChI is InChI=1S/C23H33N4O2/c24-23(29)22-18(6-5-17-3-1-2-4-20(17)22)7-8-21(28)27-15-13-26(14-16-27)19-9-11-25-12-10-19/h5-6,8,19,25H,1-4,7,9-16H2,(H2,24,29). The van der Waals surface area contributed by atoms with Gasteiger partial charge in [0.1, 0.15) is 0 Å². The van der Waals surface area contributed by atoms with Gasteiger partial charge in [0, 0.05) is 37.8 Å². The molecular weight excluding hydrogens is 364 g/mol. The molecule has 2 aliphatic heterocycles. The number of nitrogens with zero attached hydrogens (tertiary/aromatic N) is 2. The minimum atomic E-state index is -0.366. The number of hydrogen-bond donors (Lipinski definition) is 2.